The zero-order valence-corrected chi connectivity index (χ0v) is 18.4. The van der Waals surface area contributed by atoms with Crippen molar-refractivity contribution in [2.75, 3.05) is 5.32 Å². The molecule has 0 bridgehead atoms. The summed E-state index contributed by atoms with van der Waals surface area (Å²) in [5.74, 6) is 1.21. The molecule has 0 saturated heterocycles. The Balaban J connectivity index is 1.59. The smallest absolute Gasteiger partial charge is 0.225 e. The van der Waals surface area contributed by atoms with Gasteiger partial charge in [0.05, 0.1) is 17.1 Å². The Morgan fingerprint density at radius 1 is 1.13 bits per heavy atom. The summed E-state index contributed by atoms with van der Waals surface area (Å²) in [5.41, 5.74) is 7.10. The Morgan fingerprint density at radius 3 is 2.71 bits per heavy atom. The monoisotopic (exact) mass is 415 g/mol. The number of aryl methyl sites for hydroxylation is 4. The lowest BCUT2D eigenvalue weighted by Gasteiger charge is -2.21. The molecule has 5 nitrogen and oxygen atoms in total. The summed E-state index contributed by atoms with van der Waals surface area (Å²) in [6.07, 6.45) is 3.39. The average molecular weight is 416 g/mol. The number of aromatic nitrogens is 2. The molecule has 1 heterocycles. The first kappa shape index (κ1) is 21.0. The second-order valence-corrected chi connectivity index (χ2v) is 8.73. The van der Waals surface area contributed by atoms with Crippen LogP contribution < -0.4 is 5.32 Å². The highest BCUT2D eigenvalue weighted by Gasteiger charge is 2.23. The predicted octanol–water partition coefficient (Wildman–Crippen LogP) is 5.03. The Bertz CT molecular complexity index is 1120. The lowest BCUT2D eigenvalue weighted by molar-refractivity contribution is -0.116. The van der Waals surface area contributed by atoms with Crippen LogP contribution in [-0.4, -0.2) is 21.0 Å². The normalized spacial score (nSPS) is 12.4. The van der Waals surface area contributed by atoms with Gasteiger partial charge in [0.25, 0.3) is 0 Å². The molecule has 0 spiro atoms. The Kier molecular flexibility index (Phi) is 6.03. The molecule has 5 heteroatoms. The molecule has 31 heavy (non-hydrogen) atoms. The van der Waals surface area contributed by atoms with Gasteiger partial charge in [-0.15, -0.1) is 0 Å². The highest BCUT2D eigenvalue weighted by Crippen LogP contribution is 2.35. The SMILES string of the molecule is Cc1ccccc1CCC(=O)Nc1nc2c(nc1CC(C)C)-c1ccc(O)cc1CC2. The van der Waals surface area contributed by atoms with Crippen LogP contribution in [0, 0.1) is 12.8 Å². The van der Waals surface area contributed by atoms with Crippen LogP contribution in [0.15, 0.2) is 42.5 Å². The maximum absolute atomic E-state index is 12.7. The van der Waals surface area contributed by atoms with E-state index in [1.165, 1.54) is 11.1 Å². The fraction of sp³-hybridized carbons (Fsp3) is 0.346. The van der Waals surface area contributed by atoms with Gasteiger partial charge in [-0.25, -0.2) is 9.97 Å². The number of carbonyl (C=O) groups is 1. The number of amides is 1. The molecule has 0 aliphatic heterocycles. The van der Waals surface area contributed by atoms with Gasteiger partial charge >= 0.3 is 0 Å². The fourth-order valence-electron chi connectivity index (χ4n) is 4.13. The third-order valence-corrected chi connectivity index (χ3v) is 5.76. The predicted molar refractivity (Wildman–Crippen MR) is 123 cm³/mol. The number of hydrogen-bond donors (Lipinski definition) is 2. The summed E-state index contributed by atoms with van der Waals surface area (Å²) in [7, 11) is 0. The summed E-state index contributed by atoms with van der Waals surface area (Å²) >= 11 is 0. The molecule has 2 N–H and O–H groups in total. The molecule has 0 radical (unpaired) electrons. The van der Waals surface area contributed by atoms with E-state index in [4.69, 9.17) is 9.97 Å². The van der Waals surface area contributed by atoms with Crippen molar-refractivity contribution >= 4 is 11.7 Å². The molecular formula is C26H29N3O2. The highest BCUT2D eigenvalue weighted by atomic mass is 16.3. The first-order valence-corrected chi connectivity index (χ1v) is 11.0. The van der Waals surface area contributed by atoms with Gasteiger partial charge in [-0.1, -0.05) is 38.1 Å². The van der Waals surface area contributed by atoms with E-state index < -0.39 is 0 Å². The number of aromatic hydroxyl groups is 1. The lowest BCUT2D eigenvalue weighted by atomic mass is 9.91. The van der Waals surface area contributed by atoms with Crippen molar-refractivity contribution in [2.45, 2.75) is 52.9 Å². The summed E-state index contributed by atoms with van der Waals surface area (Å²) in [6.45, 7) is 6.34. The van der Waals surface area contributed by atoms with E-state index in [2.05, 4.69) is 38.2 Å². The van der Waals surface area contributed by atoms with Crippen molar-refractivity contribution in [3.8, 4) is 17.0 Å². The molecule has 0 unspecified atom stereocenters. The van der Waals surface area contributed by atoms with Crippen molar-refractivity contribution < 1.29 is 9.90 Å². The van der Waals surface area contributed by atoms with Crippen LogP contribution in [0.2, 0.25) is 0 Å². The molecule has 0 fully saturated rings. The van der Waals surface area contributed by atoms with Crippen molar-refractivity contribution in [3.05, 3.63) is 70.5 Å². The van der Waals surface area contributed by atoms with Gasteiger partial charge in [-0.05, 0) is 73.4 Å². The molecular weight excluding hydrogens is 386 g/mol. The molecule has 0 atom stereocenters. The molecule has 1 aliphatic rings. The van der Waals surface area contributed by atoms with Crippen LogP contribution >= 0.6 is 0 Å². The Labute approximate surface area is 183 Å². The topological polar surface area (TPSA) is 75.1 Å². The number of nitrogens with zero attached hydrogens (tertiary/aromatic N) is 2. The third kappa shape index (κ3) is 4.76. The number of phenols is 1. The zero-order chi connectivity index (χ0) is 22.0. The molecule has 1 aromatic heterocycles. The number of nitrogens with one attached hydrogen (secondary N) is 1. The van der Waals surface area contributed by atoms with Gasteiger partial charge in [0.15, 0.2) is 5.82 Å². The number of rotatable bonds is 6. The van der Waals surface area contributed by atoms with Crippen LogP contribution in [0.1, 0.15) is 48.3 Å². The van der Waals surface area contributed by atoms with Gasteiger partial charge in [0.2, 0.25) is 5.91 Å². The minimum atomic E-state index is -0.0383. The third-order valence-electron chi connectivity index (χ3n) is 5.76. The van der Waals surface area contributed by atoms with Gasteiger partial charge in [-0.3, -0.25) is 4.79 Å². The molecule has 1 amide bonds. The van der Waals surface area contributed by atoms with Crippen LogP contribution in [-0.2, 0) is 30.5 Å². The summed E-state index contributed by atoms with van der Waals surface area (Å²) < 4.78 is 0. The van der Waals surface area contributed by atoms with E-state index in [-0.39, 0.29) is 11.7 Å². The maximum Gasteiger partial charge on any atom is 0.225 e. The average Bonchev–Trinajstić information content (AvgIpc) is 2.73. The summed E-state index contributed by atoms with van der Waals surface area (Å²) in [4.78, 5) is 22.5. The largest absolute Gasteiger partial charge is 0.508 e. The summed E-state index contributed by atoms with van der Waals surface area (Å²) in [6, 6.07) is 13.6. The highest BCUT2D eigenvalue weighted by molar-refractivity contribution is 5.90. The minimum Gasteiger partial charge on any atom is -0.508 e. The number of phenolic OH excluding ortho intramolecular Hbond substituents is 1. The quantitative estimate of drug-likeness (QED) is 0.592. The van der Waals surface area contributed by atoms with Gasteiger partial charge in [0.1, 0.15) is 5.75 Å². The number of hydrogen-bond acceptors (Lipinski definition) is 4. The maximum atomic E-state index is 12.7. The number of benzene rings is 2. The van der Waals surface area contributed by atoms with Gasteiger partial charge < -0.3 is 10.4 Å². The van der Waals surface area contributed by atoms with Crippen LogP contribution in [0.5, 0.6) is 5.75 Å². The lowest BCUT2D eigenvalue weighted by Crippen LogP contribution is -2.19. The van der Waals surface area contributed by atoms with Crippen molar-refractivity contribution in [1.29, 1.82) is 0 Å². The Hall–Kier alpha value is -3.21. The molecule has 4 rings (SSSR count). The fourth-order valence-corrected chi connectivity index (χ4v) is 4.13. The second kappa shape index (κ2) is 8.88. The molecule has 2 aromatic carbocycles. The van der Waals surface area contributed by atoms with E-state index in [1.54, 1.807) is 6.07 Å². The number of anilines is 1. The standard InChI is InChI=1S/C26H29N3O2/c1-16(2)14-23-26(29-24(31)13-9-18-7-5-4-6-17(18)3)28-22-12-8-19-15-20(30)10-11-21(19)25(22)27-23/h4-7,10-11,15-16,30H,8-9,12-14H2,1-3H3,(H,28,29,31). The Morgan fingerprint density at radius 2 is 1.94 bits per heavy atom. The second-order valence-electron chi connectivity index (χ2n) is 8.73. The zero-order valence-electron chi connectivity index (χ0n) is 18.4. The van der Waals surface area contributed by atoms with E-state index in [0.717, 1.165) is 47.5 Å². The first-order valence-electron chi connectivity index (χ1n) is 11.0. The van der Waals surface area contributed by atoms with E-state index in [0.29, 0.717) is 24.6 Å². The molecule has 0 saturated carbocycles. The van der Waals surface area contributed by atoms with E-state index in [9.17, 15) is 9.90 Å². The summed E-state index contributed by atoms with van der Waals surface area (Å²) in [5, 5.41) is 12.9. The van der Waals surface area contributed by atoms with Crippen molar-refractivity contribution in [2.24, 2.45) is 5.92 Å². The number of fused-ring (bicyclic) bond motifs is 3. The first-order chi connectivity index (χ1) is 14.9. The molecule has 160 valence electrons. The van der Waals surface area contributed by atoms with Crippen molar-refractivity contribution in [3.63, 3.8) is 0 Å². The van der Waals surface area contributed by atoms with Crippen LogP contribution in [0.4, 0.5) is 5.82 Å². The van der Waals surface area contributed by atoms with Gasteiger partial charge in [-0.2, -0.15) is 0 Å². The van der Waals surface area contributed by atoms with Crippen molar-refractivity contribution in [1.82, 2.24) is 9.97 Å². The molecule has 3 aromatic rings. The molecule has 1 aliphatic carbocycles. The minimum absolute atomic E-state index is 0.0383. The van der Waals surface area contributed by atoms with E-state index in [1.807, 2.05) is 24.3 Å². The van der Waals surface area contributed by atoms with E-state index >= 15 is 0 Å². The number of carbonyl (C=O) groups excluding carboxylic acids is 1. The van der Waals surface area contributed by atoms with Crippen LogP contribution in [0.3, 0.4) is 0 Å². The van der Waals surface area contributed by atoms with Gasteiger partial charge in [0, 0.05) is 12.0 Å². The van der Waals surface area contributed by atoms with Crippen LogP contribution in [0.25, 0.3) is 11.3 Å².